The van der Waals surface area contributed by atoms with E-state index < -0.39 is 18.5 Å². The van der Waals surface area contributed by atoms with Crippen molar-refractivity contribution in [3.8, 4) is 17.6 Å². The standard InChI is InChI=1S/C20H17BrN2O5/c1-12-3-5-15(6-4-12)23-20(26)14(10-22)7-13-8-17(27-2)18(9-16(13)21)28-11-19(24)25/h3-9H,11H2,1-2H3,(H,23,26)(H,24,25)/b14-7+. The maximum absolute atomic E-state index is 12.4. The van der Waals surface area contributed by atoms with Gasteiger partial charge in [-0.1, -0.05) is 33.6 Å². The number of amides is 1. The van der Waals surface area contributed by atoms with Crippen LogP contribution in [0.25, 0.3) is 6.08 Å². The fourth-order valence-corrected chi connectivity index (χ4v) is 2.65. The first-order valence-corrected chi connectivity index (χ1v) is 8.85. The molecule has 2 rings (SSSR count). The Morgan fingerprint density at radius 2 is 1.93 bits per heavy atom. The highest BCUT2D eigenvalue weighted by atomic mass is 79.9. The summed E-state index contributed by atoms with van der Waals surface area (Å²) in [6.45, 7) is 1.40. The van der Waals surface area contributed by atoms with Gasteiger partial charge in [0.2, 0.25) is 0 Å². The second-order valence-electron chi connectivity index (χ2n) is 5.70. The number of hydrogen-bond donors (Lipinski definition) is 2. The second kappa shape index (κ2) is 9.58. The Bertz CT molecular complexity index is 962. The van der Waals surface area contributed by atoms with Crippen molar-refractivity contribution in [2.45, 2.75) is 6.92 Å². The molecule has 2 aromatic carbocycles. The summed E-state index contributed by atoms with van der Waals surface area (Å²) in [4.78, 5) is 23.1. The van der Waals surface area contributed by atoms with Crippen molar-refractivity contribution < 1.29 is 24.2 Å². The van der Waals surface area contributed by atoms with Gasteiger partial charge in [0.15, 0.2) is 18.1 Å². The molecule has 0 spiro atoms. The lowest BCUT2D eigenvalue weighted by atomic mass is 10.1. The van der Waals surface area contributed by atoms with Gasteiger partial charge in [-0.05, 0) is 42.8 Å². The zero-order chi connectivity index (χ0) is 20.7. The van der Waals surface area contributed by atoms with Gasteiger partial charge in [-0.15, -0.1) is 0 Å². The van der Waals surface area contributed by atoms with E-state index in [0.717, 1.165) is 5.56 Å². The molecule has 2 aromatic rings. The van der Waals surface area contributed by atoms with Crippen molar-refractivity contribution in [3.63, 3.8) is 0 Å². The molecule has 0 saturated heterocycles. The normalized spacial score (nSPS) is 10.7. The number of halogens is 1. The quantitative estimate of drug-likeness (QED) is 0.496. The van der Waals surface area contributed by atoms with Crippen molar-refractivity contribution in [2.75, 3.05) is 19.0 Å². The van der Waals surface area contributed by atoms with Gasteiger partial charge in [0.05, 0.1) is 7.11 Å². The molecule has 0 aliphatic rings. The zero-order valence-electron chi connectivity index (χ0n) is 15.2. The summed E-state index contributed by atoms with van der Waals surface area (Å²) in [7, 11) is 1.40. The third kappa shape index (κ3) is 5.59. The van der Waals surface area contributed by atoms with E-state index in [-0.39, 0.29) is 17.1 Å². The number of rotatable bonds is 7. The van der Waals surface area contributed by atoms with Crippen molar-refractivity contribution in [2.24, 2.45) is 0 Å². The molecule has 0 saturated carbocycles. The first-order valence-electron chi connectivity index (χ1n) is 8.06. The minimum atomic E-state index is -1.12. The van der Waals surface area contributed by atoms with Crippen LogP contribution in [-0.4, -0.2) is 30.7 Å². The van der Waals surface area contributed by atoms with E-state index >= 15 is 0 Å². The Morgan fingerprint density at radius 3 is 2.50 bits per heavy atom. The molecule has 28 heavy (non-hydrogen) atoms. The Morgan fingerprint density at radius 1 is 1.25 bits per heavy atom. The number of nitrogens with zero attached hydrogens (tertiary/aromatic N) is 1. The van der Waals surface area contributed by atoms with Crippen LogP contribution in [0.3, 0.4) is 0 Å². The van der Waals surface area contributed by atoms with Crippen LogP contribution in [0.5, 0.6) is 11.5 Å². The molecule has 1 amide bonds. The topological polar surface area (TPSA) is 109 Å². The Labute approximate surface area is 170 Å². The number of carboxylic acids is 1. The van der Waals surface area contributed by atoms with E-state index in [1.54, 1.807) is 12.1 Å². The number of anilines is 1. The number of carbonyl (C=O) groups is 2. The van der Waals surface area contributed by atoms with Crippen LogP contribution < -0.4 is 14.8 Å². The number of aryl methyl sites for hydroxylation is 1. The van der Waals surface area contributed by atoms with Gasteiger partial charge >= 0.3 is 5.97 Å². The number of benzene rings is 2. The zero-order valence-corrected chi connectivity index (χ0v) is 16.7. The van der Waals surface area contributed by atoms with Gasteiger partial charge in [0.1, 0.15) is 11.6 Å². The summed E-state index contributed by atoms with van der Waals surface area (Å²) in [5.74, 6) is -1.19. The van der Waals surface area contributed by atoms with Crippen molar-refractivity contribution in [1.29, 1.82) is 5.26 Å². The van der Waals surface area contributed by atoms with E-state index in [1.807, 2.05) is 25.1 Å². The fraction of sp³-hybridized carbons (Fsp3) is 0.150. The Hall–Kier alpha value is -3.31. The van der Waals surface area contributed by atoms with Crippen LogP contribution in [0.2, 0.25) is 0 Å². The van der Waals surface area contributed by atoms with Crippen LogP contribution >= 0.6 is 15.9 Å². The first-order chi connectivity index (χ1) is 13.3. The lowest BCUT2D eigenvalue weighted by Gasteiger charge is -2.12. The van der Waals surface area contributed by atoms with Gasteiger partial charge in [-0.2, -0.15) is 5.26 Å². The summed E-state index contributed by atoms with van der Waals surface area (Å²) in [5, 5.41) is 20.8. The summed E-state index contributed by atoms with van der Waals surface area (Å²) in [6, 6.07) is 12.1. The van der Waals surface area contributed by atoms with Gasteiger partial charge < -0.3 is 19.9 Å². The third-order valence-electron chi connectivity index (χ3n) is 3.61. The number of aliphatic carboxylic acids is 1. The van der Waals surface area contributed by atoms with Crippen LogP contribution in [0.15, 0.2) is 46.4 Å². The van der Waals surface area contributed by atoms with Crippen LogP contribution in [0.1, 0.15) is 11.1 Å². The highest BCUT2D eigenvalue weighted by Gasteiger charge is 2.14. The number of hydrogen-bond acceptors (Lipinski definition) is 5. The molecule has 0 fully saturated rings. The molecule has 0 aromatic heterocycles. The number of carbonyl (C=O) groups excluding carboxylic acids is 1. The summed E-state index contributed by atoms with van der Waals surface area (Å²) < 4.78 is 10.9. The van der Waals surface area contributed by atoms with E-state index in [1.165, 1.54) is 25.3 Å². The summed E-state index contributed by atoms with van der Waals surface area (Å²) >= 11 is 3.33. The highest BCUT2D eigenvalue weighted by Crippen LogP contribution is 2.34. The van der Waals surface area contributed by atoms with E-state index in [4.69, 9.17) is 14.6 Å². The monoisotopic (exact) mass is 444 g/mol. The highest BCUT2D eigenvalue weighted by molar-refractivity contribution is 9.10. The third-order valence-corrected chi connectivity index (χ3v) is 4.30. The SMILES string of the molecule is COc1cc(/C=C(\C#N)C(=O)Nc2ccc(C)cc2)c(Br)cc1OCC(=O)O. The molecule has 0 bridgehead atoms. The van der Waals surface area contributed by atoms with Crippen molar-refractivity contribution >= 4 is 39.6 Å². The molecule has 0 heterocycles. The van der Waals surface area contributed by atoms with Gasteiger partial charge in [-0.3, -0.25) is 4.79 Å². The number of carboxylic acid groups (broad SMARTS) is 1. The second-order valence-corrected chi connectivity index (χ2v) is 6.55. The van der Waals surface area contributed by atoms with Gasteiger partial charge in [0.25, 0.3) is 5.91 Å². The molecule has 8 heteroatoms. The minimum Gasteiger partial charge on any atom is -0.493 e. The molecule has 0 aliphatic carbocycles. The predicted molar refractivity (Wildman–Crippen MR) is 107 cm³/mol. The fourth-order valence-electron chi connectivity index (χ4n) is 2.21. The molecule has 0 atom stereocenters. The number of nitriles is 1. The van der Waals surface area contributed by atoms with E-state index in [9.17, 15) is 14.9 Å². The lowest BCUT2D eigenvalue weighted by Crippen LogP contribution is -2.13. The van der Waals surface area contributed by atoms with Gasteiger partial charge in [0, 0.05) is 10.2 Å². The first kappa shape index (κ1) is 21.0. The minimum absolute atomic E-state index is 0.109. The lowest BCUT2D eigenvalue weighted by molar-refractivity contribution is -0.139. The molecule has 2 N–H and O–H groups in total. The number of nitrogens with one attached hydrogen (secondary N) is 1. The Kier molecular flexibility index (Phi) is 7.18. The average Bonchev–Trinajstić information content (AvgIpc) is 2.67. The van der Waals surface area contributed by atoms with Crippen LogP contribution in [-0.2, 0) is 9.59 Å². The molecular formula is C20H17BrN2O5. The molecule has 0 radical (unpaired) electrons. The average molecular weight is 445 g/mol. The molecule has 0 unspecified atom stereocenters. The molecule has 144 valence electrons. The molecular weight excluding hydrogens is 428 g/mol. The van der Waals surface area contributed by atoms with Crippen LogP contribution in [0, 0.1) is 18.3 Å². The largest absolute Gasteiger partial charge is 0.493 e. The maximum Gasteiger partial charge on any atom is 0.341 e. The van der Waals surface area contributed by atoms with Crippen molar-refractivity contribution in [1.82, 2.24) is 0 Å². The van der Waals surface area contributed by atoms with Gasteiger partial charge in [-0.25, -0.2) is 4.79 Å². The molecule has 7 nitrogen and oxygen atoms in total. The van der Waals surface area contributed by atoms with E-state index in [2.05, 4.69) is 21.2 Å². The van der Waals surface area contributed by atoms with E-state index in [0.29, 0.717) is 15.7 Å². The predicted octanol–water partition coefficient (Wildman–Crippen LogP) is 3.78. The summed E-state index contributed by atoms with van der Waals surface area (Å²) in [5.41, 5.74) is 2.01. The summed E-state index contributed by atoms with van der Waals surface area (Å²) in [6.07, 6.45) is 1.40. The Balaban J connectivity index is 2.29. The number of methoxy groups -OCH3 is 1. The maximum atomic E-state index is 12.4. The molecule has 0 aliphatic heterocycles. The smallest absolute Gasteiger partial charge is 0.341 e. The van der Waals surface area contributed by atoms with Crippen molar-refractivity contribution in [3.05, 3.63) is 57.6 Å². The number of ether oxygens (including phenoxy) is 2. The van der Waals surface area contributed by atoms with Crippen LogP contribution in [0.4, 0.5) is 5.69 Å².